The van der Waals surface area contributed by atoms with Crippen LogP contribution in [-0.4, -0.2) is 31.6 Å². The first kappa shape index (κ1) is 14.6. The fourth-order valence-corrected chi connectivity index (χ4v) is 2.24. The van der Waals surface area contributed by atoms with E-state index in [9.17, 15) is 23.6 Å². The molecule has 0 spiro atoms. The van der Waals surface area contributed by atoms with Crippen LogP contribution in [-0.2, 0) is 16.4 Å². The number of rotatable bonds is 5. The quantitative estimate of drug-likeness (QED) is 0.597. The van der Waals surface area contributed by atoms with Crippen molar-refractivity contribution in [2.75, 3.05) is 7.05 Å². The highest BCUT2D eigenvalue weighted by molar-refractivity contribution is 7.89. The molecule has 0 aliphatic heterocycles. The van der Waals surface area contributed by atoms with Crippen LogP contribution in [0.3, 0.4) is 0 Å². The van der Waals surface area contributed by atoms with Crippen LogP contribution in [0.25, 0.3) is 0 Å². The molecule has 8 heteroatoms. The van der Waals surface area contributed by atoms with Gasteiger partial charge in [-0.1, -0.05) is 6.07 Å². The van der Waals surface area contributed by atoms with Crippen molar-refractivity contribution in [2.45, 2.75) is 24.3 Å². The minimum atomic E-state index is -3.72. The molecule has 0 heterocycles. The topological polar surface area (TPSA) is 110 Å². The first-order valence-electron chi connectivity index (χ1n) is 5.17. The molecule has 1 aromatic rings. The summed E-state index contributed by atoms with van der Waals surface area (Å²) in [5.74, 6) is 0. The van der Waals surface area contributed by atoms with Crippen molar-refractivity contribution in [1.82, 2.24) is 4.72 Å². The molecule has 0 saturated heterocycles. The first-order valence-corrected chi connectivity index (χ1v) is 6.65. The van der Waals surface area contributed by atoms with Crippen molar-refractivity contribution in [2.24, 2.45) is 0 Å². The molecule has 0 bridgehead atoms. The van der Waals surface area contributed by atoms with E-state index in [4.69, 9.17) is 0 Å². The standard InChI is InChI=1S/C10H14N2O5S/c1-7(13)5-8-3-4-9(18(16,17)11-2)6-10(8)12(14)15/h3-4,6-7,11,13H,5H2,1-2H3. The van der Waals surface area contributed by atoms with Gasteiger partial charge in [0.2, 0.25) is 10.0 Å². The highest BCUT2D eigenvalue weighted by Crippen LogP contribution is 2.24. The Morgan fingerprint density at radius 2 is 2.11 bits per heavy atom. The molecule has 0 aliphatic rings. The lowest BCUT2D eigenvalue weighted by molar-refractivity contribution is -0.385. The van der Waals surface area contributed by atoms with Crippen LogP contribution >= 0.6 is 0 Å². The van der Waals surface area contributed by atoms with Gasteiger partial charge in [-0.15, -0.1) is 0 Å². The van der Waals surface area contributed by atoms with Crippen molar-refractivity contribution in [3.8, 4) is 0 Å². The molecule has 0 radical (unpaired) electrons. The lowest BCUT2D eigenvalue weighted by atomic mass is 10.1. The molecule has 0 saturated carbocycles. The minimum absolute atomic E-state index is 0.0934. The Hall–Kier alpha value is -1.51. The maximum atomic E-state index is 11.5. The molecule has 1 atom stereocenters. The van der Waals surface area contributed by atoms with E-state index in [1.165, 1.54) is 26.1 Å². The van der Waals surface area contributed by atoms with Crippen molar-refractivity contribution < 1.29 is 18.4 Å². The van der Waals surface area contributed by atoms with Crippen molar-refractivity contribution >= 4 is 15.7 Å². The zero-order valence-corrected chi connectivity index (χ0v) is 10.8. The molecule has 100 valence electrons. The third-order valence-electron chi connectivity index (χ3n) is 2.35. The number of aliphatic hydroxyl groups excluding tert-OH is 1. The van der Waals surface area contributed by atoms with Gasteiger partial charge < -0.3 is 5.11 Å². The van der Waals surface area contributed by atoms with Gasteiger partial charge in [-0.25, -0.2) is 13.1 Å². The highest BCUT2D eigenvalue weighted by atomic mass is 32.2. The number of nitro groups is 1. The second-order valence-corrected chi connectivity index (χ2v) is 5.69. The summed E-state index contributed by atoms with van der Waals surface area (Å²) in [6.07, 6.45) is -0.647. The summed E-state index contributed by atoms with van der Waals surface area (Å²) in [7, 11) is -2.49. The highest BCUT2D eigenvalue weighted by Gasteiger charge is 2.20. The van der Waals surface area contributed by atoms with E-state index in [0.29, 0.717) is 5.56 Å². The zero-order chi connectivity index (χ0) is 13.9. The average molecular weight is 274 g/mol. The lowest BCUT2D eigenvalue weighted by Crippen LogP contribution is -2.19. The molecule has 18 heavy (non-hydrogen) atoms. The molecular weight excluding hydrogens is 260 g/mol. The fraction of sp³-hybridized carbons (Fsp3) is 0.400. The molecule has 0 aliphatic carbocycles. The van der Waals surface area contributed by atoms with Crippen LogP contribution in [0.4, 0.5) is 5.69 Å². The first-order chi connectivity index (χ1) is 8.27. The number of aliphatic hydroxyl groups is 1. The third kappa shape index (κ3) is 3.25. The number of sulfonamides is 1. The van der Waals surface area contributed by atoms with Crippen LogP contribution in [0, 0.1) is 10.1 Å². The Morgan fingerprint density at radius 1 is 1.50 bits per heavy atom. The van der Waals surface area contributed by atoms with Gasteiger partial charge in [0.05, 0.1) is 15.9 Å². The van der Waals surface area contributed by atoms with E-state index in [1.54, 1.807) is 0 Å². The summed E-state index contributed by atoms with van der Waals surface area (Å²) in [6.45, 7) is 1.50. The Balaban J connectivity index is 3.32. The molecule has 0 amide bonds. The summed E-state index contributed by atoms with van der Waals surface area (Å²) in [5.41, 5.74) is -0.0164. The maximum Gasteiger partial charge on any atom is 0.274 e. The van der Waals surface area contributed by atoms with E-state index in [1.807, 2.05) is 0 Å². The molecule has 1 aromatic carbocycles. The summed E-state index contributed by atoms with van der Waals surface area (Å²) >= 11 is 0. The summed E-state index contributed by atoms with van der Waals surface area (Å²) in [4.78, 5) is 10.0. The monoisotopic (exact) mass is 274 g/mol. The normalized spacial score (nSPS) is 13.3. The van der Waals surface area contributed by atoms with Gasteiger partial charge >= 0.3 is 0 Å². The number of hydrogen-bond donors (Lipinski definition) is 2. The van der Waals surface area contributed by atoms with Crippen LogP contribution in [0.5, 0.6) is 0 Å². The molecule has 0 aromatic heterocycles. The van der Waals surface area contributed by atoms with Crippen molar-refractivity contribution in [1.29, 1.82) is 0 Å². The molecule has 1 rings (SSSR count). The summed E-state index contributed by atoms with van der Waals surface area (Å²) < 4.78 is 25.1. The Bertz CT molecular complexity index is 553. The van der Waals surface area contributed by atoms with Gasteiger partial charge in [-0.2, -0.15) is 0 Å². The van der Waals surface area contributed by atoms with Crippen molar-refractivity contribution in [3.63, 3.8) is 0 Å². The molecule has 1 unspecified atom stereocenters. The number of nitrogens with zero attached hydrogens (tertiary/aromatic N) is 1. The largest absolute Gasteiger partial charge is 0.393 e. The third-order valence-corrected chi connectivity index (χ3v) is 3.76. The van der Waals surface area contributed by atoms with Gasteiger partial charge in [0.15, 0.2) is 0 Å². The average Bonchev–Trinajstić information content (AvgIpc) is 2.28. The van der Waals surface area contributed by atoms with E-state index >= 15 is 0 Å². The van der Waals surface area contributed by atoms with Gasteiger partial charge in [0, 0.05) is 18.1 Å². The van der Waals surface area contributed by atoms with Gasteiger partial charge in [0.25, 0.3) is 5.69 Å². The van der Waals surface area contributed by atoms with E-state index in [-0.39, 0.29) is 17.0 Å². The van der Waals surface area contributed by atoms with E-state index < -0.39 is 21.1 Å². The predicted octanol–water partition coefficient (Wildman–Crippen LogP) is 0.426. The number of hydrogen-bond acceptors (Lipinski definition) is 5. The fourth-order valence-electron chi connectivity index (χ4n) is 1.49. The van der Waals surface area contributed by atoms with Crippen LogP contribution in [0.1, 0.15) is 12.5 Å². The predicted molar refractivity (Wildman–Crippen MR) is 64.7 cm³/mol. The Morgan fingerprint density at radius 3 is 2.56 bits per heavy atom. The summed E-state index contributed by atoms with van der Waals surface area (Å²) in [5, 5.41) is 20.1. The smallest absolute Gasteiger partial charge is 0.274 e. The second-order valence-electron chi connectivity index (χ2n) is 3.81. The molecule has 2 N–H and O–H groups in total. The van der Waals surface area contributed by atoms with E-state index in [2.05, 4.69) is 4.72 Å². The molecular formula is C10H14N2O5S. The van der Waals surface area contributed by atoms with Crippen LogP contribution in [0.15, 0.2) is 23.1 Å². The minimum Gasteiger partial charge on any atom is -0.393 e. The van der Waals surface area contributed by atoms with Crippen molar-refractivity contribution in [3.05, 3.63) is 33.9 Å². The SMILES string of the molecule is CNS(=O)(=O)c1ccc(CC(C)O)c([N+](=O)[O-])c1. The Kier molecular flexibility index (Phi) is 4.38. The molecule has 7 nitrogen and oxygen atoms in total. The van der Waals surface area contributed by atoms with Crippen LogP contribution in [0.2, 0.25) is 0 Å². The van der Waals surface area contributed by atoms with Gasteiger partial charge in [0.1, 0.15) is 0 Å². The number of nitrogens with one attached hydrogen (secondary N) is 1. The number of nitro benzene ring substituents is 1. The maximum absolute atomic E-state index is 11.5. The van der Waals surface area contributed by atoms with Gasteiger partial charge in [-0.3, -0.25) is 10.1 Å². The van der Waals surface area contributed by atoms with Gasteiger partial charge in [-0.05, 0) is 20.0 Å². The zero-order valence-electron chi connectivity index (χ0n) is 9.95. The summed E-state index contributed by atoms with van der Waals surface area (Å²) in [6, 6.07) is 3.61. The lowest BCUT2D eigenvalue weighted by Gasteiger charge is -2.07. The number of benzene rings is 1. The molecule has 0 fully saturated rings. The van der Waals surface area contributed by atoms with Crippen LogP contribution < -0.4 is 4.72 Å². The Labute approximate surface area is 105 Å². The second kappa shape index (κ2) is 5.42. The van der Waals surface area contributed by atoms with E-state index in [0.717, 1.165) is 6.07 Å².